The van der Waals surface area contributed by atoms with Gasteiger partial charge in [0, 0.05) is 43.2 Å². The third-order valence-corrected chi connectivity index (χ3v) is 6.31. The molecular weight excluding hydrogens is 430 g/mol. The van der Waals surface area contributed by atoms with Gasteiger partial charge < -0.3 is 19.3 Å². The van der Waals surface area contributed by atoms with Crippen LogP contribution in [0.1, 0.15) is 36.6 Å². The lowest BCUT2D eigenvalue weighted by molar-refractivity contribution is 0.145. The quantitative estimate of drug-likeness (QED) is 0.578. The molecule has 1 aromatic carbocycles. The second-order valence-electron chi connectivity index (χ2n) is 8.84. The molecule has 1 fully saturated rings. The fourth-order valence-corrected chi connectivity index (χ4v) is 4.56. The zero-order chi connectivity index (χ0) is 23.7. The summed E-state index contributed by atoms with van der Waals surface area (Å²) in [6.45, 7) is 6.88. The summed E-state index contributed by atoms with van der Waals surface area (Å²) in [6, 6.07) is 8.16. The van der Waals surface area contributed by atoms with Gasteiger partial charge in [-0.3, -0.25) is 10.4 Å². The second kappa shape index (κ2) is 9.34. The maximum Gasteiger partial charge on any atom is 0.163 e. The van der Waals surface area contributed by atoms with Gasteiger partial charge in [0.1, 0.15) is 17.9 Å². The van der Waals surface area contributed by atoms with Gasteiger partial charge in [-0.2, -0.15) is 0 Å². The maximum atomic E-state index is 9.94. The number of aromatic nitrogens is 4. The molecule has 4 heterocycles. The number of rotatable bonds is 6. The van der Waals surface area contributed by atoms with Gasteiger partial charge in [0.25, 0.3) is 0 Å². The molecule has 2 aliphatic heterocycles. The minimum Gasteiger partial charge on any atom is -0.492 e. The van der Waals surface area contributed by atoms with Crippen LogP contribution in [0.25, 0.3) is 17.5 Å². The molecule has 178 valence electrons. The van der Waals surface area contributed by atoms with Gasteiger partial charge in [-0.25, -0.2) is 4.98 Å². The third-order valence-electron chi connectivity index (χ3n) is 6.31. The molecule has 0 amide bonds. The van der Waals surface area contributed by atoms with Crippen molar-refractivity contribution in [1.29, 1.82) is 0 Å². The Morgan fingerprint density at radius 2 is 2.03 bits per heavy atom. The first-order valence-corrected chi connectivity index (χ1v) is 11.8. The Morgan fingerprint density at radius 3 is 2.76 bits per heavy atom. The summed E-state index contributed by atoms with van der Waals surface area (Å²) < 4.78 is 7.84. The highest BCUT2D eigenvalue weighted by molar-refractivity contribution is 5.68. The predicted octanol–water partition coefficient (Wildman–Crippen LogP) is 3.36. The van der Waals surface area contributed by atoms with Gasteiger partial charge in [0.05, 0.1) is 24.9 Å². The van der Waals surface area contributed by atoms with E-state index in [1.807, 2.05) is 43.7 Å². The number of fused-ring (bicyclic) bond motifs is 1. The van der Waals surface area contributed by atoms with Gasteiger partial charge in [0.2, 0.25) is 0 Å². The van der Waals surface area contributed by atoms with Gasteiger partial charge >= 0.3 is 0 Å². The highest BCUT2D eigenvalue weighted by Gasteiger charge is 2.24. The molecule has 0 radical (unpaired) electrons. The van der Waals surface area contributed by atoms with Crippen molar-refractivity contribution in [1.82, 2.24) is 24.8 Å². The third kappa shape index (κ3) is 4.43. The number of nitrogens with zero attached hydrogens (tertiary/aromatic N) is 6. The molecule has 2 aromatic heterocycles. The zero-order valence-corrected chi connectivity index (χ0v) is 19.9. The van der Waals surface area contributed by atoms with E-state index in [1.54, 1.807) is 6.33 Å². The molecule has 0 atom stereocenters. The molecule has 0 aliphatic carbocycles. The Hall–Kier alpha value is -3.59. The molecule has 2 N–H and O–H groups in total. The van der Waals surface area contributed by atoms with Crippen LogP contribution in [-0.4, -0.2) is 55.7 Å². The number of aliphatic hydroxyl groups excluding tert-OH is 1. The number of benzene rings is 1. The van der Waals surface area contributed by atoms with E-state index >= 15 is 0 Å². The number of ether oxygens (including phenoxy) is 1. The van der Waals surface area contributed by atoms with E-state index in [4.69, 9.17) is 9.72 Å². The van der Waals surface area contributed by atoms with Crippen LogP contribution in [0.3, 0.4) is 0 Å². The molecule has 5 rings (SSSR count). The molecule has 1 saturated heterocycles. The van der Waals surface area contributed by atoms with Crippen LogP contribution in [0.2, 0.25) is 0 Å². The number of hydrazine groups is 1. The van der Waals surface area contributed by atoms with Crippen LogP contribution in [0.4, 0.5) is 11.5 Å². The van der Waals surface area contributed by atoms with Crippen LogP contribution in [-0.2, 0) is 13.6 Å². The lowest BCUT2D eigenvalue weighted by Crippen LogP contribution is -2.38. The van der Waals surface area contributed by atoms with Crippen molar-refractivity contribution in [2.75, 3.05) is 30.0 Å². The van der Waals surface area contributed by atoms with Gasteiger partial charge in [0.15, 0.2) is 5.82 Å². The Balaban J connectivity index is 1.40. The van der Waals surface area contributed by atoms with Gasteiger partial charge in [-0.05, 0) is 62.6 Å². The van der Waals surface area contributed by atoms with Crippen molar-refractivity contribution < 1.29 is 9.84 Å². The Bertz CT molecular complexity index is 1200. The normalized spacial score (nSPS) is 16.0. The summed E-state index contributed by atoms with van der Waals surface area (Å²) >= 11 is 0. The number of piperidine rings is 1. The summed E-state index contributed by atoms with van der Waals surface area (Å²) in [7, 11) is 1.92. The largest absolute Gasteiger partial charge is 0.492 e. The lowest BCUT2D eigenvalue weighted by Gasteiger charge is -2.35. The van der Waals surface area contributed by atoms with Crippen LogP contribution in [0.5, 0.6) is 5.75 Å². The molecular formula is C25H31N7O2. The SMILES string of the molecule is CCOc1cc(-c2nncn2C)ccc1NN1C=Cc2cc(C)nc(N3CCC(O)CC3)c2C1. The van der Waals surface area contributed by atoms with Crippen molar-refractivity contribution in [2.45, 2.75) is 39.3 Å². The first-order valence-electron chi connectivity index (χ1n) is 11.8. The smallest absolute Gasteiger partial charge is 0.163 e. The number of anilines is 2. The molecule has 0 bridgehead atoms. The van der Waals surface area contributed by atoms with E-state index in [1.165, 1.54) is 11.1 Å². The Morgan fingerprint density at radius 1 is 1.21 bits per heavy atom. The second-order valence-corrected chi connectivity index (χ2v) is 8.84. The first kappa shape index (κ1) is 22.2. The van der Waals surface area contributed by atoms with E-state index in [0.29, 0.717) is 13.2 Å². The molecule has 3 aromatic rings. The minimum atomic E-state index is -0.212. The van der Waals surface area contributed by atoms with Crippen molar-refractivity contribution >= 4 is 17.6 Å². The average Bonchev–Trinajstić information content (AvgIpc) is 3.26. The molecule has 0 spiro atoms. The van der Waals surface area contributed by atoms with Crippen molar-refractivity contribution in [2.24, 2.45) is 7.05 Å². The molecule has 2 aliphatic rings. The van der Waals surface area contributed by atoms with Gasteiger partial charge in [-0.15, -0.1) is 10.2 Å². The van der Waals surface area contributed by atoms with Crippen LogP contribution >= 0.6 is 0 Å². The molecule has 9 nitrogen and oxygen atoms in total. The average molecular weight is 462 g/mol. The summed E-state index contributed by atoms with van der Waals surface area (Å²) in [6.07, 6.45) is 7.20. The summed E-state index contributed by atoms with van der Waals surface area (Å²) in [4.78, 5) is 7.19. The molecule has 0 unspecified atom stereocenters. The van der Waals surface area contributed by atoms with E-state index in [2.05, 4.69) is 43.9 Å². The number of aryl methyl sites for hydroxylation is 2. The van der Waals surface area contributed by atoms with Crippen LogP contribution < -0.4 is 15.1 Å². The Labute approximate surface area is 199 Å². The van der Waals surface area contributed by atoms with Crippen molar-refractivity contribution in [3.05, 3.63) is 53.6 Å². The van der Waals surface area contributed by atoms with Gasteiger partial charge in [-0.1, -0.05) is 0 Å². The van der Waals surface area contributed by atoms with E-state index in [9.17, 15) is 5.11 Å². The molecule has 9 heteroatoms. The van der Waals surface area contributed by atoms with Crippen molar-refractivity contribution in [3.63, 3.8) is 0 Å². The molecule has 0 saturated carbocycles. The molecule has 34 heavy (non-hydrogen) atoms. The van der Waals surface area contributed by atoms with Crippen LogP contribution in [0, 0.1) is 6.92 Å². The lowest BCUT2D eigenvalue weighted by atomic mass is 10.0. The fraction of sp³-hybridized carbons (Fsp3) is 0.400. The highest BCUT2D eigenvalue weighted by Crippen LogP contribution is 2.34. The monoisotopic (exact) mass is 461 g/mol. The van der Waals surface area contributed by atoms with Crippen molar-refractivity contribution in [3.8, 4) is 17.1 Å². The number of hydrogen-bond donors (Lipinski definition) is 2. The van der Waals surface area contributed by atoms with E-state index < -0.39 is 0 Å². The van der Waals surface area contributed by atoms with E-state index in [0.717, 1.165) is 60.3 Å². The number of aliphatic hydroxyl groups is 1. The highest BCUT2D eigenvalue weighted by atomic mass is 16.5. The standard InChI is InChI=1S/C25H31N7O2/c1-4-34-23-14-19(24-28-26-16-30(24)3)5-6-22(23)29-32-12-7-18-13-17(2)27-25(21(18)15-32)31-10-8-20(33)9-11-31/h5-7,12-14,16,20,29,33H,4,8-11,15H2,1-3H3. The number of hydrogen-bond acceptors (Lipinski definition) is 8. The summed E-state index contributed by atoms with van der Waals surface area (Å²) in [5.74, 6) is 2.56. The fourth-order valence-electron chi connectivity index (χ4n) is 4.56. The van der Waals surface area contributed by atoms with E-state index in [-0.39, 0.29) is 6.10 Å². The minimum absolute atomic E-state index is 0.212. The zero-order valence-electron chi connectivity index (χ0n) is 19.9. The summed E-state index contributed by atoms with van der Waals surface area (Å²) in [5.41, 5.74) is 8.71. The Kier molecular flexibility index (Phi) is 6.10. The van der Waals surface area contributed by atoms with Crippen LogP contribution in [0.15, 0.2) is 36.8 Å². The topological polar surface area (TPSA) is 91.6 Å². The predicted molar refractivity (Wildman–Crippen MR) is 132 cm³/mol. The first-order chi connectivity index (χ1) is 16.5. The number of nitrogens with one attached hydrogen (secondary N) is 1. The maximum absolute atomic E-state index is 9.94. The number of pyridine rings is 1. The summed E-state index contributed by atoms with van der Waals surface area (Å²) in [5, 5.41) is 20.2.